The minimum Gasteiger partial charge on any atom is -0.365 e. The molecule has 0 saturated carbocycles. The SMILES string of the molecule is Cc1ccc(/C=c2\s/c(=C(/C#N)C(N)=O)n(-c3ccccc3)c2=O)cc1. The molecule has 2 aromatic carbocycles. The highest BCUT2D eigenvalue weighted by Gasteiger charge is 2.14. The Morgan fingerprint density at radius 3 is 2.38 bits per heavy atom. The van der Waals surface area contributed by atoms with Gasteiger partial charge in [-0.25, -0.2) is 0 Å². The zero-order valence-electron chi connectivity index (χ0n) is 14.0. The third kappa shape index (κ3) is 3.34. The molecule has 128 valence electrons. The van der Waals surface area contributed by atoms with Crippen LogP contribution in [-0.2, 0) is 4.79 Å². The Morgan fingerprint density at radius 2 is 1.81 bits per heavy atom. The molecule has 2 N–H and O–H groups in total. The Kier molecular flexibility index (Phi) is 4.83. The van der Waals surface area contributed by atoms with Gasteiger partial charge in [0.1, 0.15) is 10.7 Å². The first kappa shape index (κ1) is 17.4. The first-order valence-electron chi connectivity index (χ1n) is 7.81. The summed E-state index contributed by atoms with van der Waals surface area (Å²) < 4.78 is 2.00. The van der Waals surface area contributed by atoms with Gasteiger partial charge in [0.2, 0.25) is 0 Å². The lowest BCUT2D eigenvalue weighted by Gasteiger charge is -2.01. The summed E-state index contributed by atoms with van der Waals surface area (Å²) in [6.07, 6.45) is 1.74. The van der Waals surface area contributed by atoms with Crippen molar-refractivity contribution in [2.24, 2.45) is 5.73 Å². The molecule has 0 atom stereocenters. The summed E-state index contributed by atoms with van der Waals surface area (Å²) >= 11 is 1.08. The predicted octanol–water partition coefficient (Wildman–Crippen LogP) is 1.20. The summed E-state index contributed by atoms with van der Waals surface area (Å²) in [5, 5.41) is 9.33. The number of nitrogens with zero attached hydrogens (tertiary/aromatic N) is 2. The van der Waals surface area contributed by atoms with Gasteiger partial charge in [0, 0.05) is 0 Å². The molecule has 0 radical (unpaired) electrons. The second-order valence-corrected chi connectivity index (χ2v) is 6.68. The molecule has 1 amide bonds. The van der Waals surface area contributed by atoms with E-state index < -0.39 is 5.91 Å². The fourth-order valence-electron chi connectivity index (χ4n) is 2.48. The fraction of sp³-hybridized carbons (Fsp3) is 0.0500. The second-order valence-electron chi connectivity index (χ2n) is 5.65. The smallest absolute Gasteiger partial charge is 0.273 e. The molecule has 6 heteroatoms. The molecule has 0 bridgehead atoms. The Balaban J connectivity index is 2.39. The van der Waals surface area contributed by atoms with E-state index in [2.05, 4.69) is 0 Å². The maximum absolute atomic E-state index is 13.0. The lowest BCUT2D eigenvalue weighted by molar-refractivity contribution is -0.112. The lowest BCUT2D eigenvalue weighted by Crippen LogP contribution is -2.32. The Bertz CT molecular complexity index is 1180. The van der Waals surface area contributed by atoms with Crippen molar-refractivity contribution in [1.82, 2.24) is 4.57 Å². The van der Waals surface area contributed by atoms with Crippen LogP contribution < -0.4 is 20.5 Å². The van der Waals surface area contributed by atoms with Crippen LogP contribution in [0.3, 0.4) is 0 Å². The minimum atomic E-state index is -0.861. The van der Waals surface area contributed by atoms with E-state index >= 15 is 0 Å². The summed E-state index contributed by atoms with van der Waals surface area (Å²) in [6.45, 7) is 1.98. The third-order valence-corrected chi connectivity index (χ3v) is 4.88. The molecule has 26 heavy (non-hydrogen) atoms. The molecule has 3 rings (SSSR count). The van der Waals surface area contributed by atoms with E-state index in [4.69, 9.17) is 5.73 Å². The van der Waals surface area contributed by atoms with Gasteiger partial charge in [-0.05, 0) is 30.7 Å². The summed E-state index contributed by atoms with van der Waals surface area (Å²) in [5.74, 6) is -0.861. The summed E-state index contributed by atoms with van der Waals surface area (Å²) in [7, 11) is 0. The number of hydrogen-bond acceptors (Lipinski definition) is 4. The Hall–Kier alpha value is -3.43. The van der Waals surface area contributed by atoms with Gasteiger partial charge in [0.15, 0.2) is 5.57 Å². The van der Waals surface area contributed by atoms with Crippen LogP contribution in [0.1, 0.15) is 11.1 Å². The second kappa shape index (κ2) is 7.21. The molecule has 0 saturated heterocycles. The van der Waals surface area contributed by atoms with Crippen molar-refractivity contribution in [3.05, 3.63) is 85.3 Å². The monoisotopic (exact) mass is 361 g/mol. The Labute approximate surface area is 153 Å². The van der Waals surface area contributed by atoms with Crippen molar-refractivity contribution in [3.63, 3.8) is 0 Å². The average Bonchev–Trinajstić information content (AvgIpc) is 2.94. The van der Waals surface area contributed by atoms with E-state index in [-0.39, 0.29) is 15.8 Å². The number of aromatic nitrogens is 1. The van der Waals surface area contributed by atoms with Gasteiger partial charge in [-0.2, -0.15) is 5.26 Å². The first-order chi connectivity index (χ1) is 12.5. The van der Waals surface area contributed by atoms with Gasteiger partial charge in [0.05, 0.1) is 10.2 Å². The molecular weight excluding hydrogens is 346 g/mol. The van der Waals surface area contributed by atoms with Gasteiger partial charge in [-0.15, -0.1) is 11.3 Å². The average molecular weight is 361 g/mol. The van der Waals surface area contributed by atoms with Gasteiger partial charge in [-0.1, -0.05) is 48.0 Å². The van der Waals surface area contributed by atoms with E-state index in [1.165, 1.54) is 4.57 Å². The maximum atomic E-state index is 13.0. The number of carbonyl (C=O) groups excluding carboxylic acids is 1. The maximum Gasteiger partial charge on any atom is 0.273 e. The zero-order valence-corrected chi connectivity index (χ0v) is 14.8. The van der Waals surface area contributed by atoms with Gasteiger partial charge < -0.3 is 5.73 Å². The number of nitriles is 1. The number of hydrogen-bond donors (Lipinski definition) is 1. The van der Waals surface area contributed by atoms with E-state index in [0.717, 1.165) is 22.5 Å². The van der Waals surface area contributed by atoms with Crippen molar-refractivity contribution in [2.45, 2.75) is 6.92 Å². The van der Waals surface area contributed by atoms with Gasteiger partial charge >= 0.3 is 0 Å². The largest absolute Gasteiger partial charge is 0.365 e. The minimum absolute atomic E-state index is 0.231. The van der Waals surface area contributed by atoms with Crippen LogP contribution in [0.2, 0.25) is 0 Å². The van der Waals surface area contributed by atoms with Crippen LogP contribution in [0, 0.1) is 18.3 Å². The molecule has 0 aliphatic rings. The number of amides is 1. The zero-order chi connectivity index (χ0) is 18.7. The van der Waals surface area contributed by atoms with Gasteiger partial charge in [0.25, 0.3) is 11.5 Å². The lowest BCUT2D eigenvalue weighted by atomic mass is 10.1. The number of para-hydroxylation sites is 1. The van der Waals surface area contributed by atoms with Crippen LogP contribution in [-0.4, -0.2) is 10.5 Å². The summed E-state index contributed by atoms with van der Waals surface area (Å²) in [4.78, 5) is 24.6. The number of benzene rings is 2. The van der Waals surface area contributed by atoms with E-state index in [1.54, 1.807) is 30.3 Å². The van der Waals surface area contributed by atoms with E-state index in [1.807, 2.05) is 43.3 Å². The standard InChI is InChI=1S/C20H15N3O2S/c1-13-7-9-14(10-8-13)11-17-19(25)23(15-5-3-2-4-6-15)20(26-17)16(12-21)18(22)24/h2-11H,1H3,(H2,22,24)/b17-11-,20-16-. The molecule has 0 aliphatic heterocycles. The number of nitrogens with two attached hydrogens (primary N) is 1. The first-order valence-corrected chi connectivity index (χ1v) is 8.63. The number of carbonyl (C=O) groups is 1. The molecule has 1 heterocycles. The quantitative estimate of drug-likeness (QED) is 0.760. The van der Waals surface area contributed by atoms with Crippen LogP contribution >= 0.6 is 11.3 Å². The summed E-state index contributed by atoms with van der Waals surface area (Å²) in [5.41, 5.74) is 7.35. The van der Waals surface area contributed by atoms with Crippen LogP contribution in [0.15, 0.2) is 59.4 Å². The van der Waals surface area contributed by atoms with Crippen LogP contribution in [0.4, 0.5) is 0 Å². The predicted molar refractivity (Wildman–Crippen MR) is 102 cm³/mol. The third-order valence-electron chi connectivity index (χ3n) is 3.79. The molecule has 3 aromatic rings. The number of rotatable bonds is 3. The molecule has 5 nitrogen and oxygen atoms in total. The van der Waals surface area contributed by atoms with Crippen molar-refractivity contribution in [2.75, 3.05) is 0 Å². The van der Waals surface area contributed by atoms with Crippen LogP contribution in [0.25, 0.3) is 17.3 Å². The normalized spacial score (nSPS) is 12.5. The molecular formula is C20H15N3O2S. The topological polar surface area (TPSA) is 88.9 Å². The van der Waals surface area contributed by atoms with Crippen LogP contribution in [0.5, 0.6) is 0 Å². The van der Waals surface area contributed by atoms with Crippen molar-refractivity contribution >= 4 is 28.9 Å². The van der Waals surface area contributed by atoms with Crippen molar-refractivity contribution in [3.8, 4) is 11.8 Å². The van der Waals surface area contributed by atoms with Gasteiger partial charge in [-0.3, -0.25) is 14.2 Å². The molecule has 0 unspecified atom stereocenters. The fourth-order valence-corrected chi connectivity index (χ4v) is 3.59. The summed E-state index contributed by atoms with van der Waals surface area (Å²) in [6, 6.07) is 18.4. The molecule has 0 spiro atoms. The molecule has 1 aromatic heterocycles. The highest BCUT2D eigenvalue weighted by atomic mass is 32.1. The number of aryl methyl sites for hydroxylation is 1. The van der Waals surface area contributed by atoms with E-state index in [9.17, 15) is 14.9 Å². The van der Waals surface area contributed by atoms with Crippen molar-refractivity contribution < 1.29 is 4.79 Å². The highest BCUT2D eigenvalue weighted by molar-refractivity contribution is 7.07. The molecule has 0 fully saturated rings. The number of primary amides is 1. The Morgan fingerprint density at radius 1 is 1.15 bits per heavy atom. The highest BCUT2D eigenvalue weighted by Crippen LogP contribution is 2.05. The van der Waals surface area contributed by atoms with Crippen molar-refractivity contribution in [1.29, 1.82) is 5.26 Å². The molecule has 0 aliphatic carbocycles. The number of thiazole rings is 1. The van der Waals surface area contributed by atoms with E-state index in [0.29, 0.717) is 10.2 Å².